The van der Waals surface area contributed by atoms with Crippen molar-refractivity contribution in [2.75, 3.05) is 13.7 Å². The van der Waals surface area contributed by atoms with E-state index in [9.17, 15) is 31.2 Å². The molecule has 1 fully saturated rings. The highest BCUT2D eigenvalue weighted by molar-refractivity contribution is 7.90. The number of carbonyl (C=O) groups excluding carboxylic acids is 2. The first-order valence-corrected chi connectivity index (χ1v) is 10.7. The summed E-state index contributed by atoms with van der Waals surface area (Å²) in [6, 6.07) is 4.73. The second-order valence-corrected chi connectivity index (χ2v) is 8.67. The minimum Gasteiger partial charge on any atom is -0.379 e. The van der Waals surface area contributed by atoms with Gasteiger partial charge in [0.1, 0.15) is 0 Å². The average molecular weight is 451 g/mol. The summed E-state index contributed by atoms with van der Waals surface area (Å²) in [6.07, 6.45) is -3.75. The van der Waals surface area contributed by atoms with Gasteiger partial charge in [-0.3, -0.25) is 9.59 Å². The lowest BCUT2D eigenvalue weighted by Crippen LogP contribution is -2.47. The van der Waals surface area contributed by atoms with Crippen LogP contribution in [-0.4, -0.2) is 52.2 Å². The first-order chi connectivity index (χ1) is 14.0. The molecule has 1 heterocycles. The maximum atomic E-state index is 12.5. The number of carbonyl (C=O) groups is 2. The molecule has 12 heteroatoms. The third-order valence-electron chi connectivity index (χ3n) is 4.85. The Labute approximate surface area is 172 Å². The fourth-order valence-electron chi connectivity index (χ4n) is 3.21. The molecule has 0 aliphatic carbocycles. The number of amides is 2. The molecule has 1 aliphatic heterocycles. The summed E-state index contributed by atoms with van der Waals surface area (Å²) < 4.78 is 68.9. The van der Waals surface area contributed by atoms with E-state index in [2.05, 4.69) is 5.32 Å². The van der Waals surface area contributed by atoms with Crippen LogP contribution in [0.2, 0.25) is 0 Å². The van der Waals surface area contributed by atoms with E-state index in [0.29, 0.717) is 0 Å². The number of rotatable bonds is 8. The first-order valence-electron chi connectivity index (χ1n) is 9.22. The zero-order valence-corrected chi connectivity index (χ0v) is 17.3. The number of sulfonamides is 1. The van der Waals surface area contributed by atoms with Gasteiger partial charge in [-0.05, 0) is 37.1 Å². The molecule has 3 atom stereocenters. The number of hydrogen-bond donors (Lipinski definition) is 3. The summed E-state index contributed by atoms with van der Waals surface area (Å²) in [6.45, 7) is 1.95. The van der Waals surface area contributed by atoms with Crippen LogP contribution in [0.5, 0.6) is 0 Å². The Balaban J connectivity index is 2.00. The predicted octanol–water partition coefficient (Wildman–Crippen LogP) is 1.07. The van der Waals surface area contributed by atoms with Gasteiger partial charge in [0.25, 0.3) is 10.0 Å². The predicted molar refractivity (Wildman–Crippen MR) is 101 cm³/mol. The Morgan fingerprint density at radius 3 is 2.40 bits per heavy atom. The Morgan fingerprint density at radius 1 is 1.27 bits per heavy atom. The molecule has 2 rings (SSSR count). The molecule has 0 saturated carbocycles. The standard InChI is InChI=1S/C18H24F3N3O5S/c1-11(15(29-2)14-4-3-9-22-14)16(25)24-30(27,28)13-7-5-12(6-8-13)10-23-17(26)18(19,20)21/h5-8,11,14-15,22H,3-4,9-10H2,1-2H3,(H,23,26)(H,24,25)/t11-,14+,15-/m1/s1. The maximum absolute atomic E-state index is 12.5. The monoisotopic (exact) mass is 451 g/mol. The molecule has 0 unspecified atom stereocenters. The van der Waals surface area contributed by atoms with Crippen molar-refractivity contribution in [1.29, 1.82) is 0 Å². The Morgan fingerprint density at radius 2 is 1.90 bits per heavy atom. The molecular formula is C18H24F3N3O5S. The van der Waals surface area contributed by atoms with Crippen molar-refractivity contribution in [1.82, 2.24) is 15.4 Å². The van der Waals surface area contributed by atoms with Crippen LogP contribution in [0, 0.1) is 5.92 Å². The van der Waals surface area contributed by atoms with Crippen molar-refractivity contribution in [3.05, 3.63) is 29.8 Å². The lowest BCUT2D eigenvalue weighted by molar-refractivity contribution is -0.173. The Bertz CT molecular complexity index is 853. The van der Waals surface area contributed by atoms with Crippen molar-refractivity contribution >= 4 is 21.8 Å². The summed E-state index contributed by atoms with van der Waals surface area (Å²) >= 11 is 0. The van der Waals surface area contributed by atoms with E-state index in [-0.39, 0.29) is 16.5 Å². The van der Waals surface area contributed by atoms with Crippen LogP contribution in [0.25, 0.3) is 0 Å². The fraction of sp³-hybridized carbons (Fsp3) is 0.556. The smallest absolute Gasteiger partial charge is 0.379 e. The second-order valence-electron chi connectivity index (χ2n) is 6.99. The van der Waals surface area contributed by atoms with Crippen LogP contribution in [0.3, 0.4) is 0 Å². The number of alkyl halides is 3. The van der Waals surface area contributed by atoms with E-state index in [1.165, 1.54) is 19.2 Å². The van der Waals surface area contributed by atoms with Crippen molar-refractivity contribution in [2.45, 2.75) is 49.5 Å². The quantitative estimate of drug-likeness (QED) is 0.545. The first kappa shape index (κ1) is 24.1. The van der Waals surface area contributed by atoms with Gasteiger partial charge in [0.05, 0.1) is 16.9 Å². The number of nitrogens with one attached hydrogen (secondary N) is 3. The Hall–Kier alpha value is -2.18. The average Bonchev–Trinajstić information content (AvgIpc) is 3.20. The Kier molecular flexibility index (Phi) is 7.83. The SMILES string of the molecule is CO[C@@H]([C@@H]1CCCN1)[C@@H](C)C(=O)NS(=O)(=O)c1ccc(CNC(=O)C(F)(F)F)cc1. The van der Waals surface area contributed by atoms with Crippen molar-refractivity contribution in [3.8, 4) is 0 Å². The van der Waals surface area contributed by atoms with E-state index < -0.39 is 46.6 Å². The maximum Gasteiger partial charge on any atom is 0.471 e. The van der Waals surface area contributed by atoms with Crippen LogP contribution in [0.4, 0.5) is 13.2 Å². The number of ether oxygens (including phenoxy) is 1. The van der Waals surface area contributed by atoms with Gasteiger partial charge in [0.2, 0.25) is 5.91 Å². The summed E-state index contributed by atoms with van der Waals surface area (Å²) in [5.41, 5.74) is 0.262. The molecule has 30 heavy (non-hydrogen) atoms. The van der Waals surface area contributed by atoms with Gasteiger partial charge in [-0.2, -0.15) is 13.2 Å². The normalized spacial score (nSPS) is 19.2. The fourth-order valence-corrected chi connectivity index (χ4v) is 4.27. The lowest BCUT2D eigenvalue weighted by atomic mass is 9.96. The third kappa shape index (κ3) is 6.16. The van der Waals surface area contributed by atoms with Gasteiger partial charge in [-0.1, -0.05) is 19.1 Å². The van der Waals surface area contributed by atoms with Gasteiger partial charge in [0, 0.05) is 19.7 Å². The number of hydrogen-bond acceptors (Lipinski definition) is 6. The van der Waals surface area contributed by atoms with Gasteiger partial charge in [0.15, 0.2) is 0 Å². The zero-order valence-electron chi connectivity index (χ0n) is 16.5. The lowest BCUT2D eigenvalue weighted by Gasteiger charge is -2.27. The van der Waals surface area contributed by atoms with Crippen LogP contribution >= 0.6 is 0 Å². The van der Waals surface area contributed by atoms with Gasteiger partial charge in [-0.15, -0.1) is 0 Å². The summed E-state index contributed by atoms with van der Waals surface area (Å²) in [5.74, 6) is -3.56. The van der Waals surface area contributed by atoms with E-state index in [4.69, 9.17) is 4.74 Å². The highest BCUT2D eigenvalue weighted by Crippen LogP contribution is 2.20. The molecule has 168 valence electrons. The molecular weight excluding hydrogens is 427 g/mol. The minimum atomic E-state index is -5.00. The van der Waals surface area contributed by atoms with Crippen molar-refractivity contribution in [3.63, 3.8) is 0 Å². The molecule has 1 aromatic carbocycles. The zero-order chi connectivity index (χ0) is 22.5. The van der Waals surface area contributed by atoms with E-state index in [1.54, 1.807) is 12.2 Å². The van der Waals surface area contributed by atoms with Gasteiger partial charge < -0.3 is 15.4 Å². The van der Waals surface area contributed by atoms with Crippen LogP contribution in [0.15, 0.2) is 29.2 Å². The third-order valence-corrected chi connectivity index (χ3v) is 6.22. The van der Waals surface area contributed by atoms with Crippen molar-refractivity contribution in [2.24, 2.45) is 5.92 Å². The number of methoxy groups -OCH3 is 1. The molecule has 1 aliphatic rings. The number of benzene rings is 1. The molecule has 2 amide bonds. The molecule has 1 aromatic rings. The highest BCUT2D eigenvalue weighted by atomic mass is 32.2. The van der Waals surface area contributed by atoms with E-state index in [0.717, 1.165) is 31.5 Å². The molecule has 1 saturated heterocycles. The molecule has 0 aromatic heterocycles. The summed E-state index contributed by atoms with van der Waals surface area (Å²) in [5, 5.41) is 4.91. The van der Waals surface area contributed by atoms with Crippen molar-refractivity contribution < 1.29 is 35.9 Å². The van der Waals surface area contributed by atoms with Crippen LogP contribution in [-0.2, 0) is 30.9 Å². The molecule has 0 bridgehead atoms. The molecule has 8 nitrogen and oxygen atoms in total. The minimum absolute atomic E-state index is 0.0513. The largest absolute Gasteiger partial charge is 0.471 e. The number of halogens is 3. The van der Waals surface area contributed by atoms with Gasteiger partial charge in [-0.25, -0.2) is 13.1 Å². The van der Waals surface area contributed by atoms with Gasteiger partial charge >= 0.3 is 12.1 Å². The molecule has 3 N–H and O–H groups in total. The summed E-state index contributed by atoms with van der Waals surface area (Å²) in [7, 11) is -2.73. The van der Waals surface area contributed by atoms with Crippen LogP contribution < -0.4 is 15.4 Å². The molecule has 0 spiro atoms. The molecule has 0 radical (unpaired) electrons. The summed E-state index contributed by atoms with van der Waals surface area (Å²) in [4.78, 5) is 23.1. The highest BCUT2D eigenvalue weighted by Gasteiger charge is 2.38. The van der Waals surface area contributed by atoms with Crippen LogP contribution in [0.1, 0.15) is 25.3 Å². The van der Waals surface area contributed by atoms with E-state index >= 15 is 0 Å². The topological polar surface area (TPSA) is 114 Å². The van der Waals surface area contributed by atoms with E-state index in [1.807, 2.05) is 4.72 Å². The second kappa shape index (κ2) is 9.75.